The molecule has 0 radical (unpaired) electrons. The van der Waals surface area contributed by atoms with Crippen LogP contribution in [-0.4, -0.2) is 76.4 Å². The van der Waals surface area contributed by atoms with Gasteiger partial charge in [0, 0.05) is 57.1 Å². The normalized spacial score (nSPS) is 15.2. The fraction of sp³-hybridized carbons (Fsp3) is 0.500. The Bertz CT molecular complexity index is 722. The molecule has 1 aromatic carbocycles. The highest BCUT2D eigenvalue weighted by molar-refractivity contribution is 5.97. The minimum absolute atomic E-state index is 0.298. The number of carbonyl (C=O) groups excluding carboxylic acids is 1. The van der Waals surface area contributed by atoms with E-state index in [1.54, 1.807) is 12.1 Å². The van der Waals surface area contributed by atoms with E-state index in [4.69, 9.17) is 19.5 Å². The Kier molecular flexibility index (Phi) is 8.59. The van der Waals surface area contributed by atoms with E-state index in [1.165, 1.54) is 26.5 Å². The zero-order valence-electron chi connectivity index (χ0n) is 16.7. The van der Waals surface area contributed by atoms with Crippen LogP contribution >= 0.6 is 0 Å². The summed E-state index contributed by atoms with van der Waals surface area (Å²) < 4.78 is 16.1. The van der Waals surface area contributed by atoms with Crippen LogP contribution in [0.3, 0.4) is 0 Å². The standard InChI is InChI=1S/C20H28N4O4/c1-23-9-11-24(12-10-23)8-5-13-28-19-15-17(22-7-4-6-21)16(20(25)27-3)14-18(19)26-2/h4,7,14-15,22H,5,8-13H2,1-3H3. The van der Waals surface area contributed by atoms with E-state index in [-0.39, 0.29) is 0 Å². The molecule has 0 atom stereocenters. The van der Waals surface area contributed by atoms with Gasteiger partial charge in [0.05, 0.1) is 38.1 Å². The Labute approximate surface area is 166 Å². The minimum Gasteiger partial charge on any atom is -0.493 e. The second-order valence-electron chi connectivity index (χ2n) is 6.49. The minimum atomic E-state index is -0.507. The average molecular weight is 388 g/mol. The van der Waals surface area contributed by atoms with Crippen molar-refractivity contribution in [3.8, 4) is 17.6 Å². The van der Waals surface area contributed by atoms with Gasteiger partial charge in [-0.15, -0.1) is 0 Å². The van der Waals surface area contributed by atoms with Crippen molar-refractivity contribution in [3.63, 3.8) is 0 Å². The smallest absolute Gasteiger partial charge is 0.340 e. The molecule has 0 bridgehead atoms. The van der Waals surface area contributed by atoms with Gasteiger partial charge in [-0.05, 0) is 13.5 Å². The van der Waals surface area contributed by atoms with Crippen molar-refractivity contribution in [1.82, 2.24) is 9.80 Å². The van der Waals surface area contributed by atoms with Crippen molar-refractivity contribution in [2.45, 2.75) is 6.42 Å². The van der Waals surface area contributed by atoms with Gasteiger partial charge >= 0.3 is 5.97 Å². The Hall–Kier alpha value is -2.76. The number of carbonyl (C=O) groups is 1. The van der Waals surface area contributed by atoms with Gasteiger partial charge in [-0.3, -0.25) is 0 Å². The Morgan fingerprint density at radius 2 is 2.00 bits per heavy atom. The first kappa shape index (κ1) is 21.5. The Morgan fingerprint density at radius 1 is 1.25 bits per heavy atom. The number of esters is 1. The van der Waals surface area contributed by atoms with Crippen LogP contribution in [0.1, 0.15) is 16.8 Å². The summed E-state index contributed by atoms with van der Waals surface area (Å²) in [6.45, 7) is 5.85. The molecule has 2 rings (SSSR count). The molecule has 1 aliphatic heterocycles. The Balaban J connectivity index is 2.03. The molecule has 0 aliphatic carbocycles. The third-order valence-electron chi connectivity index (χ3n) is 4.58. The third-order valence-corrected chi connectivity index (χ3v) is 4.58. The van der Waals surface area contributed by atoms with E-state index in [0.717, 1.165) is 39.1 Å². The molecule has 0 spiro atoms. The average Bonchev–Trinajstić information content (AvgIpc) is 2.72. The van der Waals surface area contributed by atoms with Crippen LogP contribution in [0.2, 0.25) is 0 Å². The topological polar surface area (TPSA) is 87.1 Å². The van der Waals surface area contributed by atoms with Gasteiger partial charge in [-0.25, -0.2) is 4.79 Å². The van der Waals surface area contributed by atoms with Gasteiger partial charge < -0.3 is 29.3 Å². The summed E-state index contributed by atoms with van der Waals surface area (Å²) in [5.74, 6) is 0.476. The van der Waals surface area contributed by atoms with Gasteiger partial charge in [-0.1, -0.05) is 0 Å². The number of allylic oxidation sites excluding steroid dienone is 1. The lowest BCUT2D eigenvalue weighted by atomic mass is 10.1. The molecule has 152 valence electrons. The molecule has 8 heteroatoms. The molecule has 1 aromatic rings. The molecule has 0 saturated carbocycles. The summed E-state index contributed by atoms with van der Waals surface area (Å²) in [5.41, 5.74) is 0.778. The highest BCUT2D eigenvalue weighted by Gasteiger charge is 2.18. The fourth-order valence-electron chi connectivity index (χ4n) is 2.94. The summed E-state index contributed by atoms with van der Waals surface area (Å²) in [4.78, 5) is 16.8. The zero-order valence-corrected chi connectivity index (χ0v) is 16.7. The van der Waals surface area contributed by atoms with Crippen LogP contribution in [0.15, 0.2) is 24.4 Å². The van der Waals surface area contributed by atoms with E-state index in [1.807, 2.05) is 6.07 Å². The van der Waals surface area contributed by atoms with E-state index in [0.29, 0.717) is 29.4 Å². The van der Waals surface area contributed by atoms with Crippen LogP contribution in [-0.2, 0) is 4.74 Å². The van der Waals surface area contributed by atoms with Crippen molar-refractivity contribution >= 4 is 11.7 Å². The van der Waals surface area contributed by atoms with Crippen LogP contribution in [0.25, 0.3) is 0 Å². The van der Waals surface area contributed by atoms with Crippen molar-refractivity contribution in [3.05, 3.63) is 30.0 Å². The molecule has 1 N–H and O–H groups in total. The summed E-state index contributed by atoms with van der Waals surface area (Å²) in [5, 5.41) is 11.6. The number of piperazine rings is 1. The Morgan fingerprint density at radius 3 is 2.64 bits per heavy atom. The third kappa shape index (κ3) is 6.15. The first-order valence-corrected chi connectivity index (χ1v) is 9.24. The number of anilines is 1. The summed E-state index contributed by atoms with van der Waals surface area (Å²) in [6.07, 6.45) is 3.62. The molecule has 1 aliphatic rings. The zero-order chi connectivity index (χ0) is 20.4. The number of hydrogen-bond acceptors (Lipinski definition) is 8. The quantitative estimate of drug-likeness (QED) is 0.390. The van der Waals surface area contributed by atoms with E-state index in [2.05, 4.69) is 22.2 Å². The van der Waals surface area contributed by atoms with Crippen LogP contribution in [0.5, 0.6) is 11.5 Å². The maximum Gasteiger partial charge on any atom is 0.340 e. The number of benzene rings is 1. The molecule has 1 saturated heterocycles. The van der Waals surface area contributed by atoms with Crippen molar-refractivity contribution in [1.29, 1.82) is 5.26 Å². The first-order valence-electron chi connectivity index (χ1n) is 9.24. The van der Waals surface area contributed by atoms with Gasteiger partial charge in [0.2, 0.25) is 0 Å². The molecular weight excluding hydrogens is 360 g/mol. The molecule has 28 heavy (non-hydrogen) atoms. The van der Waals surface area contributed by atoms with Gasteiger partial charge in [0.15, 0.2) is 11.5 Å². The lowest BCUT2D eigenvalue weighted by Crippen LogP contribution is -2.44. The molecule has 1 heterocycles. The molecule has 8 nitrogen and oxygen atoms in total. The molecule has 1 fully saturated rings. The number of ether oxygens (including phenoxy) is 3. The van der Waals surface area contributed by atoms with E-state index >= 15 is 0 Å². The van der Waals surface area contributed by atoms with Crippen molar-refractivity contribution in [2.75, 3.05) is 65.9 Å². The highest BCUT2D eigenvalue weighted by Crippen LogP contribution is 2.34. The largest absolute Gasteiger partial charge is 0.493 e. The van der Waals surface area contributed by atoms with Crippen LogP contribution in [0.4, 0.5) is 5.69 Å². The second-order valence-corrected chi connectivity index (χ2v) is 6.49. The number of nitriles is 1. The lowest BCUT2D eigenvalue weighted by molar-refractivity contribution is 0.0601. The van der Waals surface area contributed by atoms with Gasteiger partial charge in [0.25, 0.3) is 0 Å². The predicted molar refractivity (Wildman–Crippen MR) is 107 cm³/mol. The monoisotopic (exact) mass is 388 g/mol. The number of nitrogens with one attached hydrogen (secondary N) is 1. The SMILES string of the molecule is COC(=O)c1cc(OC)c(OCCCN2CCN(C)CC2)cc1NC=CC#N. The van der Waals surface area contributed by atoms with Crippen molar-refractivity contribution in [2.24, 2.45) is 0 Å². The van der Waals surface area contributed by atoms with Crippen molar-refractivity contribution < 1.29 is 19.0 Å². The van der Waals surface area contributed by atoms with Crippen LogP contribution < -0.4 is 14.8 Å². The molecular formula is C20H28N4O4. The van der Waals surface area contributed by atoms with Gasteiger partial charge in [-0.2, -0.15) is 5.26 Å². The summed E-state index contributed by atoms with van der Waals surface area (Å²) in [7, 11) is 4.98. The number of likely N-dealkylation sites (N-methyl/N-ethyl adjacent to an activating group) is 1. The molecule has 0 unspecified atom stereocenters. The van der Waals surface area contributed by atoms with E-state index < -0.39 is 5.97 Å². The number of methoxy groups -OCH3 is 2. The number of rotatable bonds is 9. The predicted octanol–water partition coefficient (Wildman–Crippen LogP) is 1.95. The number of nitrogens with zero attached hydrogens (tertiary/aromatic N) is 3. The first-order chi connectivity index (χ1) is 13.6. The fourth-order valence-corrected chi connectivity index (χ4v) is 2.94. The summed E-state index contributed by atoms with van der Waals surface area (Å²) in [6, 6.07) is 5.15. The van der Waals surface area contributed by atoms with E-state index in [9.17, 15) is 4.79 Å². The highest BCUT2D eigenvalue weighted by atomic mass is 16.5. The van der Waals surface area contributed by atoms with Gasteiger partial charge in [0.1, 0.15) is 0 Å². The summed E-state index contributed by atoms with van der Waals surface area (Å²) >= 11 is 0. The van der Waals surface area contributed by atoms with Crippen LogP contribution in [0, 0.1) is 11.3 Å². The lowest BCUT2D eigenvalue weighted by Gasteiger charge is -2.32. The maximum atomic E-state index is 12.0. The maximum absolute atomic E-state index is 12.0. The second kappa shape index (κ2) is 11.2. The number of hydrogen-bond donors (Lipinski definition) is 1. The molecule has 0 amide bonds. The molecule has 0 aromatic heterocycles.